The first kappa shape index (κ1) is 31.1. The molecule has 0 spiro atoms. The summed E-state index contributed by atoms with van der Waals surface area (Å²) in [5.41, 5.74) is 4.58. The quantitative estimate of drug-likeness (QED) is 0.0730. The summed E-state index contributed by atoms with van der Waals surface area (Å²) >= 11 is 1.34. The van der Waals surface area contributed by atoms with E-state index >= 15 is 0 Å². The molecule has 0 saturated carbocycles. The normalized spacial score (nSPS) is 12.0. The zero-order chi connectivity index (χ0) is 31.9. The van der Waals surface area contributed by atoms with Gasteiger partial charge in [-0.25, -0.2) is 15.2 Å². The Balaban J connectivity index is 1.43. The molecule has 0 aliphatic carbocycles. The van der Waals surface area contributed by atoms with E-state index in [2.05, 4.69) is 57.4 Å². The van der Waals surface area contributed by atoms with Crippen LogP contribution in [0.5, 0.6) is 0 Å². The minimum atomic E-state index is -0.793. The lowest BCUT2D eigenvalue weighted by Crippen LogP contribution is -2.49. The molecule has 2 N–H and O–H groups in total. The molecule has 0 fully saturated rings. The molecule has 0 radical (unpaired) electrons. The number of aromatic nitrogens is 4. The zero-order valence-electron chi connectivity index (χ0n) is 25.4. The Morgan fingerprint density at radius 1 is 0.911 bits per heavy atom. The smallest absolute Gasteiger partial charge is 0.344 e. The number of carbonyl (C=O) groups is 2. The number of hydrogen-bond acceptors (Lipinski definition) is 9. The Bertz CT molecular complexity index is 1670. The van der Waals surface area contributed by atoms with Gasteiger partial charge in [-0.3, -0.25) is 4.79 Å². The first-order chi connectivity index (χ1) is 21.7. The minimum Gasteiger partial charge on any atom is -0.458 e. The number of hydrogen-bond donors (Lipinski definition) is 2. The highest BCUT2D eigenvalue weighted by atomic mass is 32.1. The molecular formula is C33H34N7O4S+. The fraction of sp³-hybridized carbons (Fsp3) is 0.212. The van der Waals surface area contributed by atoms with Gasteiger partial charge in [0.25, 0.3) is 6.33 Å². The number of ether oxygens (including phenoxy) is 1. The van der Waals surface area contributed by atoms with Crippen LogP contribution in [-0.4, -0.2) is 45.1 Å². The number of rotatable bonds is 11. The van der Waals surface area contributed by atoms with Crippen molar-refractivity contribution in [1.29, 1.82) is 0 Å². The van der Waals surface area contributed by atoms with Crippen LogP contribution in [0, 0.1) is 0 Å². The molecule has 45 heavy (non-hydrogen) atoms. The van der Waals surface area contributed by atoms with Gasteiger partial charge in [0.15, 0.2) is 10.8 Å². The van der Waals surface area contributed by atoms with E-state index in [4.69, 9.17) is 14.6 Å². The van der Waals surface area contributed by atoms with Crippen molar-refractivity contribution >= 4 is 34.1 Å². The Hall–Kier alpha value is -5.36. The summed E-state index contributed by atoms with van der Waals surface area (Å²) in [6, 6.07) is 30.4. The number of thiazole rings is 1. The van der Waals surface area contributed by atoms with Crippen LogP contribution in [0.4, 0.5) is 5.13 Å². The molecule has 5 rings (SSSR count). The van der Waals surface area contributed by atoms with Crippen molar-refractivity contribution in [3.05, 3.63) is 131 Å². The van der Waals surface area contributed by atoms with E-state index in [0.29, 0.717) is 10.8 Å². The lowest BCUT2D eigenvalue weighted by atomic mass is 9.77. The third-order valence-electron chi connectivity index (χ3n) is 6.58. The minimum absolute atomic E-state index is 0.0427. The van der Waals surface area contributed by atoms with E-state index in [0.717, 1.165) is 16.7 Å². The molecule has 3 aromatic carbocycles. The Morgan fingerprint density at radius 2 is 1.47 bits per heavy atom. The maximum absolute atomic E-state index is 13.4. The summed E-state index contributed by atoms with van der Waals surface area (Å²) in [7, 11) is 1.36. The summed E-state index contributed by atoms with van der Waals surface area (Å²) < 4.78 is 8.00. The molecule has 2 aromatic heterocycles. The Labute approximate surface area is 265 Å². The van der Waals surface area contributed by atoms with Crippen molar-refractivity contribution in [2.75, 3.05) is 17.9 Å². The number of nitrogens with one attached hydrogen (secondary N) is 2. The lowest BCUT2D eigenvalue weighted by molar-refractivity contribution is -0.642. The van der Waals surface area contributed by atoms with Gasteiger partial charge in [0, 0.05) is 10.5 Å². The maximum Gasteiger partial charge on any atom is 0.344 e. The molecule has 0 bridgehead atoms. The first-order valence-electron chi connectivity index (χ1n) is 14.2. The number of oxime groups is 1. The fourth-order valence-electron chi connectivity index (χ4n) is 4.82. The molecule has 12 heteroatoms. The molecule has 0 aliphatic heterocycles. The third-order valence-corrected chi connectivity index (χ3v) is 7.34. The summed E-state index contributed by atoms with van der Waals surface area (Å²) in [6.45, 7) is 5.24. The average molecular weight is 625 g/mol. The molecule has 0 saturated heterocycles. The standard InChI is InChI=1S/C33H33N7O4S/c1-32(2,3)44-28(41)20-39-23-40(22-34-39)37-30(42)29(38-43-4)27-21-45-31(35-27)36-33(24-14-8-5-9-15-24,25-16-10-6-11-17-25)26-18-12-7-13-19-26/h5-19,21-23H,20H2,1-4H3,(H-,35,36,37,42)/p+1/b38-29+. The number of esters is 1. The largest absolute Gasteiger partial charge is 0.458 e. The van der Waals surface area contributed by atoms with Gasteiger partial charge in [-0.05, 0) is 37.5 Å². The van der Waals surface area contributed by atoms with Crippen molar-refractivity contribution in [1.82, 2.24) is 14.8 Å². The predicted octanol–water partition coefficient (Wildman–Crippen LogP) is 4.49. The van der Waals surface area contributed by atoms with Crippen molar-refractivity contribution in [3.63, 3.8) is 0 Å². The summed E-state index contributed by atoms with van der Waals surface area (Å²) in [5, 5.41) is 14.1. The van der Waals surface area contributed by atoms with Crippen LogP contribution in [0.25, 0.3) is 0 Å². The number of carbonyl (C=O) groups excluding carboxylic acids is 2. The average Bonchev–Trinajstić information content (AvgIpc) is 3.68. The topological polar surface area (TPSA) is 124 Å². The van der Waals surface area contributed by atoms with Gasteiger partial charge in [-0.15, -0.1) is 20.7 Å². The Kier molecular flexibility index (Phi) is 9.33. The van der Waals surface area contributed by atoms with Gasteiger partial charge in [0.1, 0.15) is 23.9 Å². The number of amides is 1. The summed E-state index contributed by atoms with van der Waals surface area (Å²) in [5.74, 6) is -1.04. The van der Waals surface area contributed by atoms with E-state index < -0.39 is 23.0 Å². The van der Waals surface area contributed by atoms with Crippen molar-refractivity contribution in [2.45, 2.75) is 38.5 Å². The van der Waals surface area contributed by atoms with Crippen molar-refractivity contribution in [2.24, 2.45) is 5.16 Å². The molecule has 2 heterocycles. The van der Waals surface area contributed by atoms with E-state index in [-0.39, 0.29) is 12.3 Å². The maximum atomic E-state index is 13.4. The second-order valence-electron chi connectivity index (χ2n) is 11.0. The van der Waals surface area contributed by atoms with Gasteiger partial charge in [0.05, 0.1) is 0 Å². The number of benzene rings is 3. The predicted molar refractivity (Wildman–Crippen MR) is 171 cm³/mol. The monoisotopic (exact) mass is 624 g/mol. The van der Waals surface area contributed by atoms with E-state index in [1.807, 2.05) is 54.6 Å². The Morgan fingerprint density at radius 3 is 1.98 bits per heavy atom. The molecule has 230 valence electrons. The molecule has 0 unspecified atom stereocenters. The van der Waals surface area contributed by atoms with E-state index in [9.17, 15) is 9.59 Å². The van der Waals surface area contributed by atoms with Gasteiger partial charge in [-0.1, -0.05) is 96.2 Å². The summed E-state index contributed by atoms with van der Waals surface area (Å²) in [4.78, 5) is 35.3. The van der Waals surface area contributed by atoms with Crippen LogP contribution in [0.15, 0.2) is 114 Å². The molecule has 1 amide bonds. The summed E-state index contributed by atoms with van der Waals surface area (Å²) in [6.07, 6.45) is 2.81. The highest BCUT2D eigenvalue weighted by Gasteiger charge is 2.37. The highest BCUT2D eigenvalue weighted by Crippen LogP contribution is 2.40. The van der Waals surface area contributed by atoms with Crippen LogP contribution in [0.3, 0.4) is 0 Å². The first-order valence-corrected chi connectivity index (χ1v) is 15.0. The zero-order valence-corrected chi connectivity index (χ0v) is 26.2. The van der Waals surface area contributed by atoms with Crippen LogP contribution >= 0.6 is 11.3 Å². The van der Waals surface area contributed by atoms with Crippen LogP contribution < -0.4 is 15.4 Å². The molecule has 0 atom stereocenters. The van der Waals surface area contributed by atoms with Gasteiger partial charge >= 0.3 is 11.9 Å². The number of nitrogens with zero attached hydrogens (tertiary/aromatic N) is 5. The third kappa shape index (κ3) is 7.42. The van der Waals surface area contributed by atoms with Gasteiger partial charge in [0.2, 0.25) is 12.9 Å². The second-order valence-corrected chi connectivity index (χ2v) is 11.9. The van der Waals surface area contributed by atoms with E-state index in [1.165, 1.54) is 40.5 Å². The van der Waals surface area contributed by atoms with Gasteiger partial charge in [-0.2, -0.15) is 0 Å². The van der Waals surface area contributed by atoms with Gasteiger partial charge < -0.3 is 14.9 Å². The van der Waals surface area contributed by atoms with Crippen LogP contribution in [-0.2, 0) is 31.2 Å². The molecule has 5 aromatic rings. The molecule has 11 nitrogen and oxygen atoms in total. The lowest BCUT2D eigenvalue weighted by Gasteiger charge is -2.36. The molecule has 0 aliphatic rings. The van der Waals surface area contributed by atoms with Crippen LogP contribution in [0.2, 0.25) is 0 Å². The SMILES string of the molecule is CO/N=C(/C(=O)N[n+]1cnn(CC(=O)OC(C)(C)C)c1)c1csc(NC(c2ccccc2)(c2ccccc2)c2ccccc2)n1. The van der Waals surface area contributed by atoms with Crippen molar-refractivity contribution in [3.8, 4) is 0 Å². The van der Waals surface area contributed by atoms with E-state index in [1.54, 1.807) is 26.2 Å². The fourth-order valence-corrected chi connectivity index (χ4v) is 5.57. The van der Waals surface area contributed by atoms with Crippen molar-refractivity contribution < 1.29 is 23.8 Å². The molecular weight excluding hydrogens is 590 g/mol. The highest BCUT2D eigenvalue weighted by molar-refractivity contribution is 7.14. The number of anilines is 1. The second kappa shape index (κ2) is 13.5. The van der Waals surface area contributed by atoms with Crippen LogP contribution in [0.1, 0.15) is 43.2 Å².